The molecule has 1 fully saturated rings. The lowest BCUT2D eigenvalue weighted by Crippen LogP contribution is -2.28. The molecule has 0 spiro atoms. The van der Waals surface area contributed by atoms with Crippen LogP contribution in [0.2, 0.25) is 0 Å². The van der Waals surface area contributed by atoms with E-state index in [1.807, 2.05) is 6.07 Å². The number of benzene rings is 2. The molecular weight excluding hydrogens is 469 g/mol. The largest absolute Gasteiger partial charge is 0.427 e. The highest BCUT2D eigenvalue weighted by Crippen LogP contribution is 2.50. The van der Waals surface area contributed by atoms with E-state index in [0.29, 0.717) is 29.0 Å². The average Bonchev–Trinajstić information content (AvgIpc) is 2.90. The third-order valence-corrected chi connectivity index (χ3v) is 8.64. The van der Waals surface area contributed by atoms with Crippen LogP contribution in [0.3, 0.4) is 0 Å². The van der Waals surface area contributed by atoms with E-state index in [4.69, 9.17) is 4.74 Å². The molecule has 0 amide bonds. The summed E-state index contributed by atoms with van der Waals surface area (Å²) in [6.45, 7) is 4.40. The van der Waals surface area contributed by atoms with Gasteiger partial charge in [-0.1, -0.05) is 102 Å². The monoisotopic (exact) mass is 514 g/mol. The van der Waals surface area contributed by atoms with Crippen LogP contribution in [0.25, 0.3) is 11.1 Å². The van der Waals surface area contributed by atoms with Crippen LogP contribution in [0.4, 0.5) is 13.2 Å². The fourth-order valence-corrected chi connectivity index (χ4v) is 6.32. The third-order valence-electron chi connectivity index (χ3n) is 8.64. The summed E-state index contributed by atoms with van der Waals surface area (Å²) in [5.41, 5.74) is 2.14. The first kappa shape index (κ1) is 28.0. The van der Waals surface area contributed by atoms with Gasteiger partial charge in [-0.25, -0.2) is 4.39 Å². The van der Waals surface area contributed by atoms with E-state index in [2.05, 4.69) is 13.8 Å². The van der Waals surface area contributed by atoms with E-state index in [0.717, 1.165) is 50.0 Å². The van der Waals surface area contributed by atoms with Crippen LogP contribution >= 0.6 is 0 Å². The fraction of sp³-hybridized carbons (Fsp3) is 0.636. The molecule has 0 aromatic heterocycles. The van der Waals surface area contributed by atoms with Gasteiger partial charge in [0.15, 0.2) is 11.6 Å². The molecule has 204 valence electrons. The van der Waals surface area contributed by atoms with Crippen LogP contribution in [0.5, 0.6) is 5.75 Å². The Morgan fingerprint density at radius 1 is 0.784 bits per heavy atom. The van der Waals surface area contributed by atoms with Crippen LogP contribution in [-0.4, -0.2) is 0 Å². The summed E-state index contributed by atoms with van der Waals surface area (Å²) in [5.74, 6) is 0.160. The standard InChI is InChI=1S/C33H45F3O/c1-3-5-7-9-11-13-24-15-17-25(18-16-24)27-20-21-28-29-22-19-26(14-12-10-8-6-4-2)31(34)32(29)37-33(35,36)30(28)23-27/h19-25H,3-18H2,1-2H3. The minimum Gasteiger partial charge on any atom is -0.425 e. The number of alkyl halides is 2. The Kier molecular flexibility index (Phi) is 10.0. The molecule has 1 nitrogen and oxygen atoms in total. The van der Waals surface area contributed by atoms with Crippen molar-refractivity contribution in [2.45, 2.75) is 129 Å². The number of hydrogen-bond acceptors (Lipinski definition) is 1. The average molecular weight is 515 g/mol. The second kappa shape index (κ2) is 13.2. The van der Waals surface area contributed by atoms with Crippen molar-refractivity contribution in [3.63, 3.8) is 0 Å². The van der Waals surface area contributed by atoms with E-state index >= 15 is 13.2 Å². The molecule has 37 heavy (non-hydrogen) atoms. The fourth-order valence-electron chi connectivity index (χ4n) is 6.32. The first-order chi connectivity index (χ1) is 17.9. The topological polar surface area (TPSA) is 9.23 Å². The van der Waals surface area contributed by atoms with Crippen molar-refractivity contribution in [2.75, 3.05) is 0 Å². The number of halogens is 3. The number of fused-ring (bicyclic) bond motifs is 3. The van der Waals surface area contributed by atoms with Crippen molar-refractivity contribution in [3.8, 4) is 16.9 Å². The molecule has 0 unspecified atom stereocenters. The van der Waals surface area contributed by atoms with Crippen molar-refractivity contribution in [1.29, 1.82) is 0 Å². The van der Waals surface area contributed by atoms with Gasteiger partial charge in [-0.2, -0.15) is 8.78 Å². The van der Waals surface area contributed by atoms with Crippen LogP contribution in [-0.2, 0) is 12.5 Å². The van der Waals surface area contributed by atoms with E-state index in [-0.39, 0.29) is 11.3 Å². The van der Waals surface area contributed by atoms with E-state index in [1.165, 1.54) is 57.8 Å². The number of unbranched alkanes of at least 4 members (excludes halogenated alkanes) is 8. The Morgan fingerprint density at radius 2 is 1.43 bits per heavy atom. The van der Waals surface area contributed by atoms with Gasteiger partial charge in [0.05, 0.1) is 5.56 Å². The summed E-state index contributed by atoms with van der Waals surface area (Å²) in [7, 11) is 0. The number of hydrogen-bond donors (Lipinski definition) is 0. The van der Waals surface area contributed by atoms with Crippen LogP contribution in [0.1, 0.15) is 133 Å². The molecule has 1 saturated carbocycles. The van der Waals surface area contributed by atoms with Crippen LogP contribution in [0, 0.1) is 11.7 Å². The van der Waals surface area contributed by atoms with Crippen molar-refractivity contribution in [3.05, 3.63) is 52.8 Å². The Bertz CT molecular complexity index is 1010. The van der Waals surface area contributed by atoms with Gasteiger partial charge < -0.3 is 4.74 Å². The minimum absolute atomic E-state index is 0.123. The van der Waals surface area contributed by atoms with Gasteiger partial charge in [-0.3, -0.25) is 0 Å². The predicted molar refractivity (Wildman–Crippen MR) is 147 cm³/mol. The molecule has 1 aliphatic carbocycles. The first-order valence-electron chi connectivity index (χ1n) is 15.0. The molecule has 0 atom stereocenters. The number of ether oxygens (including phenoxy) is 1. The van der Waals surface area contributed by atoms with E-state index < -0.39 is 11.9 Å². The zero-order chi connectivity index (χ0) is 26.3. The lowest BCUT2D eigenvalue weighted by atomic mass is 9.76. The summed E-state index contributed by atoms with van der Waals surface area (Å²) in [6, 6.07) is 8.90. The Labute approximate surface area is 222 Å². The second-order valence-corrected chi connectivity index (χ2v) is 11.4. The maximum atomic E-state index is 15.3. The van der Waals surface area contributed by atoms with E-state index in [9.17, 15) is 0 Å². The lowest BCUT2D eigenvalue weighted by Gasteiger charge is -2.32. The van der Waals surface area contributed by atoms with Gasteiger partial charge in [0, 0.05) is 5.56 Å². The summed E-state index contributed by atoms with van der Waals surface area (Å²) in [5, 5.41) is 0. The van der Waals surface area contributed by atoms with Crippen molar-refractivity contribution >= 4 is 0 Å². The van der Waals surface area contributed by atoms with Gasteiger partial charge in [0.1, 0.15) is 0 Å². The summed E-state index contributed by atoms with van der Waals surface area (Å²) < 4.78 is 50.8. The zero-order valence-corrected chi connectivity index (χ0v) is 22.9. The molecule has 2 aromatic rings. The Morgan fingerprint density at radius 3 is 2.14 bits per heavy atom. The van der Waals surface area contributed by atoms with Gasteiger partial charge in [0.2, 0.25) is 0 Å². The first-order valence-corrected chi connectivity index (χ1v) is 15.0. The van der Waals surface area contributed by atoms with Crippen LogP contribution < -0.4 is 4.74 Å². The van der Waals surface area contributed by atoms with Gasteiger partial charge in [-0.05, 0) is 73.1 Å². The second-order valence-electron chi connectivity index (χ2n) is 11.4. The summed E-state index contributed by atoms with van der Waals surface area (Å²) in [4.78, 5) is 0. The summed E-state index contributed by atoms with van der Waals surface area (Å²) >= 11 is 0. The highest BCUT2D eigenvalue weighted by Gasteiger charge is 2.44. The molecular formula is C33H45F3O. The molecule has 0 N–H and O–H groups in total. The molecule has 4 rings (SSSR count). The van der Waals surface area contributed by atoms with Crippen molar-refractivity contribution in [2.24, 2.45) is 5.92 Å². The van der Waals surface area contributed by atoms with Crippen LogP contribution in [0.15, 0.2) is 30.3 Å². The lowest BCUT2D eigenvalue weighted by molar-refractivity contribution is -0.188. The highest BCUT2D eigenvalue weighted by molar-refractivity contribution is 5.77. The molecule has 2 aromatic carbocycles. The molecule has 0 bridgehead atoms. The quantitative estimate of drug-likeness (QED) is 0.242. The third kappa shape index (κ3) is 6.92. The molecule has 1 aliphatic heterocycles. The van der Waals surface area contributed by atoms with Crippen molar-refractivity contribution < 1.29 is 17.9 Å². The predicted octanol–water partition coefficient (Wildman–Crippen LogP) is 11.1. The molecule has 0 saturated heterocycles. The van der Waals surface area contributed by atoms with Gasteiger partial charge >= 0.3 is 6.11 Å². The highest BCUT2D eigenvalue weighted by atomic mass is 19.3. The van der Waals surface area contributed by atoms with E-state index in [1.54, 1.807) is 24.3 Å². The van der Waals surface area contributed by atoms with Gasteiger partial charge in [-0.15, -0.1) is 0 Å². The number of aryl methyl sites for hydroxylation is 1. The maximum absolute atomic E-state index is 15.3. The normalized spacial score (nSPS) is 20.2. The molecule has 1 heterocycles. The zero-order valence-electron chi connectivity index (χ0n) is 22.9. The molecule has 4 heteroatoms. The minimum atomic E-state index is -3.53. The molecule has 0 radical (unpaired) electrons. The molecule has 2 aliphatic rings. The van der Waals surface area contributed by atoms with Crippen molar-refractivity contribution in [1.82, 2.24) is 0 Å². The van der Waals surface area contributed by atoms with Gasteiger partial charge in [0.25, 0.3) is 0 Å². The Balaban J connectivity index is 1.42. The smallest absolute Gasteiger partial charge is 0.425 e. The summed E-state index contributed by atoms with van der Waals surface area (Å²) in [6.07, 6.45) is 14.7. The SMILES string of the molecule is CCCCCCCc1ccc2c(c1F)OC(F)(F)c1cc(C3CCC(CCCCCCC)CC3)ccc1-2. The Hall–Kier alpha value is -1.97. The maximum Gasteiger partial charge on any atom is 0.427 e. The number of rotatable bonds is 13.